The number of halogens is 2. The summed E-state index contributed by atoms with van der Waals surface area (Å²) < 4.78 is 0.957. The Hall–Kier alpha value is 0.540. The second-order valence-electron chi connectivity index (χ2n) is 5.96. The molecule has 0 saturated carbocycles. The first kappa shape index (κ1) is 20.8. The van der Waals surface area contributed by atoms with Gasteiger partial charge in [-0.3, -0.25) is 0 Å². The molecule has 1 nitrogen and oxygen atoms in total. The van der Waals surface area contributed by atoms with E-state index < -0.39 is 0 Å². The lowest BCUT2D eigenvalue weighted by Gasteiger charge is -2.26. The maximum absolute atomic E-state index is 5.89. The molecule has 0 aliphatic rings. The van der Waals surface area contributed by atoms with Gasteiger partial charge >= 0.3 is 0 Å². The summed E-state index contributed by atoms with van der Waals surface area (Å²) in [6.45, 7) is 3.50. The maximum Gasteiger partial charge on any atom is 0.154 e. The SMILES string of the molecule is CCCCCCCCCCCC[N+](C)(C)CCl.[Cl-]. The van der Waals surface area contributed by atoms with Gasteiger partial charge in [-0.2, -0.15) is 0 Å². The van der Waals surface area contributed by atoms with Gasteiger partial charge in [0, 0.05) is 0 Å². The van der Waals surface area contributed by atoms with Crippen molar-refractivity contribution >= 4 is 11.6 Å². The molecule has 0 atom stereocenters. The predicted molar refractivity (Wildman–Crippen MR) is 79.5 cm³/mol. The molecule has 0 amide bonds. The van der Waals surface area contributed by atoms with Gasteiger partial charge in [0.15, 0.2) is 6.00 Å². The first-order chi connectivity index (χ1) is 8.12. The number of alkyl halides is 1. The lowest BCUT2D eigenvalue weighted by molar-refractivity contribution is -0.879. The second-order valence-corrected chi connectivity index (χ2v) is 6.20. The molecule has 18 heavy (non-hydrogen) atoms. The number of rotatable bonds is 12. The standard InChI is InChI=1S/C15H33ClN.ClH/c1-4-5-6-7-8-9-10-11-12-13-14-17(2,3)15-16;/h4-15H2,1-3H3;1H/q+1;/p-1. The van der Waals surface area contributed by atoms with Gasteiger partial charge in [-0.1, -0.05) is 69.9 Å². The Bertz CT molecular complexity index is 161. The van der Waals surface area contributed by atoms with Crippen LogP contribution in [0.15, 0.2) is 0 Å². The van der Waals surface area contributed by atoms with E-state index >= 15 is 0 Å². The Morgan fingerprint density at radius 3 is 1.50 bits per heavy atom. The van der Waals surface area contributed by atoms with Crippen molar-refractivity contribution in [3.63, 3.8) is 0 Å². The molecule has 0 aliphatic heterocycles. The molecule has 0 bridgehead atoms. The average molecular weight is 298 g/mol. The van der Waals surface area contributed by atoms with Crippen molar-refractivity contribution in [3.8, 4) is 0 Å². The summed E-state index contributed by atoms with van der Waals surface area (Å²) in [5, 5.41) is 0. The summed E-state index contributed by atoms with van der Waals surface area (Å²) in [6, 6.07) is 0.734. The minimum absolute atomic E-state index is 0. The van der Waals surface area contributed by atoms with Crippen LogP contribution in [0.5, 0.6) is 0 Å². The van der Waals surface area contributed by atoms with Crippen LogP contribution >= 0.6 is 11.6 Å². The predicted octanol–water partition coefficient (Wildman–Crippen LogP) is 2.18. The zero-order chi connectivity index (χ0) is 13.0. The fourth-order valence-corrected chi connectivity index (χ4v) is 2.21. The normalized spacial score (nSPS) is 11.3. The van der Waals surface area contributed by atoms with E-state index in [-0.39, 0.29) is 12.4 Å². The summed E-state index contributed by atoms with van der Waals surface area (Å²) in [5.41, 5.74) is 0. The molecule has 0 heterocycles. The fourth-order valence-electron chi connectivity index (χ4n) is 2.09. The first-order valence-corrected chi connectivity index (χ1v) is 8.04. The van der Waals surface area contributed by atoms with Gasteiger partial charge in [-0.15, -0.1) is 0 Å². The van der Waals surface area contributed by atoms with Gasteiger partial charge in [-0.05, 0) is 12.8 Å². The van der Waals surface area contributed by atoms with Crippen molar-refractivity contribution in [2.24, 2.45) is 0 Å². The topological polar surface area (TPSA) is 0 Å². The second kappa shape index (κ2) is 14.0. The first-order valence-electron chi connectivity index (χ1n) is 7.50. The van der Waals surface area contributed by atoms with Crippen LogP contribution < -0.4 is 12.4 Å². The van der Waals surface area contributed by atoms with E-state index in [0.29, 0.717) is 0 Å². The van der Waals surface area contributed by atoms with Crippen LogP contribution in [0.2, 0.25) is 0 Å². The smallest absolute Gasteiger partial charge is 0.154 e. The molecule has 0 aromatic carbocycles. The van der Waals surface area contributed by atoms with Crippen molar-refractivity contribution in [3.05, 3.63) is 0 Å². The zero-order valence-electron chi connectivity index (χ0n) is 12.7. The molecule has 0 aliphatic carbocycles. The third-order valence-corrected chi connectivity index (χ3v) is 4.09. The van der Waals surface area contributed by atoms with Crippen LogP contribution in [0, 0.1) is 0 Å². The van der Waals surface area contributed by atoms with E-state index in [2.05, 4.69) is 21.0 Å². The molecule has 0 rings (SSSR count). The maximum atomic E-state index is 5.89. The van der Waals surface area contributed by atoms with Gasteiger partial charge < -0.3 is 16.9 Å². The minimum Gasteiger partial charge on any atom is -1.00 e. The van der Waals surface area contributed by atoms with Gasteiger partial charge in [-0.25, -0.2) is 0 Å². The molecular formula is C15H33Cl2N. The number of nitrogens with zero attached hydrogens (tertiary/aromatic N) is 1. The van der Waals surface area contributed by atoms with Crippen LogP contribution in [-0.4, -0.2) is 31.1 Å². The molecule has 0 saturated heterocycles. The summed E-state index contributed by atoms with van der Waals surface area (Å²) in [5.74, 6) is 0. The van der Waals surface area contributed by atoms with Gasteiger partial charge in [0.1, 0.15) is 0 Å². The Balaban J connectivity index is 0. The molecule has 0 aromatic heterocycles. The van der Waals surface area contributed by atoms with E-state index in [0.717, 1.165) is 10.5 Å². The van der Waals surface area contributed by atoms with E-state index in [1.165, 1.54) is 70.8 Å². The van der Waals surface area contributed by atoms with Gasteiger partial charge in [0.05, 0.1) is 20.6 Å². The summed E-state index contributed by atoms with van der Waals surface area (Å²) in [7, 11) is 4.42. The molecule has 0 N–H and O–H groups in total. The molecule has 0 unspecified atom stereocenters. The molecule has 112 valence electrons. The fraction of sp³-hybridized carbons (Fsp3) is 1.00. The van der Waals surface area contributed by atoms with Crippen LogP contribution in [0.3, 0.4) is 0 Å². The molecule has 0 fully saturated rings. The summed E-state index contributed by atoms with van der Waals surface area (Å²) >= 11 is 5.89. The van der Waals surface area contributed by atoms with E-state index in [4.69, 9.17) is 11.6 Å². The Labute approximate surface area is 126 Å². The Kier molecular flexibility index (Phi) is 16.2. The van der Waals surface area contributed by atoms with Crippen LogP contribution in [0.25, 0.3) is 0 Å². The molecule has 0 radical (unpaired) electrons. The number of unbranched alkanes of at least 4 members (excludes halogenated alkanes) is 9. The van der Waals surface area contributed by atoms with Gasteiger partial charge in [0.25, 0.3) is 0 Å². The summed E-state index contributed by atoms with van der Waals surface area (Å²) in [6.07, 6.45) is 14.1. The molecular weight excluding hydrogens is 265 g/mol. The van der Waals surface area contributed by atoms with Crippen molar-refractivity contribution in [1.82, 2.24) is 0 Å². The quantitative estimate of drug-likeness (QED) is 0.224. The highest BCUT2D eigenvalue weighted by Crippen LogP contribution is 2.11. The minimum atomic E-state index is 0. The number of hydrogen-bond donors (Lipinski definition) is 0. The van der Waals surface area contributed by atoms with Crippen molar-refractivity contribution < 1.29 is 16.9 Å². The van der Waals surface area contributed by atoms with E-state index in [1.54, 1.807) is 0 Å². The largest absolute Gasteiger partial charge is 1.00 e. The molecule has 0 spiro atoms. The average Bonchev–Trinajstić information content (AvgIpc) is 2.31. The highest BCUT2D eigenvalue weighted by molar-refractivity contribution is 6.16. The third kappa shape index (κ3) is 14.6. The van der Waals surface area contributed by atoms with E-state index in [9.17, 15) is 0 Å². The van der Waals surface area contributed by atoms with Crippen molar-refractivity contribution in [1.29, 1.82) is 0 Å². The highest BCUT2D eigenvalue weighted by Gasteiger charge is 2.11. The Morgan fingerprint density at radius 1 is 0.722 bits per heavy atom. The van der Waals surface area contributed by atoms with Crippen LogP contribution in [0.1, 0.15) is 71.1 Å². The molecule has 0 aromatic rings. The molecule has 3 heteroatoms. The van der Waals surface area contributed by atoms with E-state index in [1.807, 2.05) is 0 Å². The van der Waals surface area contributed by atoms with Crippen molar-refractivity contribution in [2.45, 2.75) is 71.1 Å². The number of quaternary nitrogens is 1. The summed E-state index contributed by atoms with van der Waals surface area (Å²) in [4.78, 5) is 0. The van der Waals surface area contributed by atoms with Gasteiger partial charge in [0.2, 0.25) is 0 Å². The van der Waals surface area contributed by atoms with Crippen LogP contribution in [-0.2, 0) is 0 Å². The number of hydrogen-bond acceptors (Lipinski definition) is 0. The highest BCUT2D eigenvalue weighted by atomic mass is 35.5. The Morgan fingerprint density at radius 2 is 1.11 bits per heavy atom. The lowest BCUT2D eigenvalue weighted by atomic mass is 10.1. The van der Waals surface area contributed by atoms with Crippen LogP contribution in [0.4, 0.5) is 0 Å². The van der Waals surface area contributed by atoms with Crippen molar-refractivity contribution in [2.75, 3.05) is 26.6 Å². The monoisotopic (exact) mass is 297 g/mol. The lowest BCUT2D eigenvalue weighted by Crippen LogP contribution is -3.00. The third-order valence-electron chi connectivity index (χ3n) is 3.44. The zero-order valence-corrected chi connectivity index (χ0v) is 14.2.